The molecule has 12 nitrogen and oxygen atoms in total. The summed E-state index contributed by atoms with van der Waals surface area (Å²) >= 11 is 0. The summed E-state index contributed by atoms with van der Waals surface area (Å²) in [6.45, 7) is 9.59. The van der Waals surface area contributed by atoms with Crippen molar-refractivity contribution in [1.82, 2.24) is 26.6 Å². The predicted octanol–water partition coefficient (Wildman–Crippen LogP) is 6.22. The number of rotatable bonds is 18. The largest absolute Gasteiger partial charge is 0.342 e. The first-order valence-corrected chi connectivity index (χ1v) is 22.9. The Balaban J connectivity index is 0.00000504. The third-order valence-corrected chi connectivity index (χ3v) is 12.8. The molecular formula is C54H65Cl2N7O5. The van der Waals surface area contributed by atoms with E-state index >= 15 is 0 Å². The molecule has 2 heterocycles. The number of carbonyl (C=O) groups is 5. The van der Waals surface area contributed by atoms with Crippen molar-refractivity contribution in [2.75, 3.05) is 23.9 Å². The van der Waals surface area contributed by atoms with Gasteiger partial charge in [0.1, 0.15) is 12.1 Å². The van der Waals surface area contributed by atoms with E-state index in [2.05, 4.69) is 76.2 Å². The highest BCUT2D eigenvalue weighted by atomic mass is 35.5. The number of amides is 4. The molecule has 360 valence electrons. The quantitative estimate of drug-likeness (QED) is 0.0739. The summed E-state index contributed by atoms with van der Waals surface area (Å²) in [7, 11) is 3.33. The van der Waals surface area contributed by atoms with Gasteiger partial charge in [0.2, 0.25) is 11.8 Å². The van der Waals surface area contributed by atoms with E-state index in [4.69, 9.17) is 0 Å². The molecule has 68 heavy (non-hydrogen) atoms. The molecule has 0 aliphatic carbocycles. The first kappa shape index (κ1) is 54.6. The molecule has 0 saturated carbocycles. The number of nitrogens with zero attached hydrogens (tertiary/aromatic N) is 2. The van der Waals surface area contributed by atoms with Crippen LogP contribution in [0.5, 0.6) is 0 Å². The highest BCUT2D eigenvalue weighted by molar-refractivity contribution is 6.07. The maximum absolute atomic E-state index is 14.8. The van der Waals surface area contributed by atoms with Gasteiger partial charge in [0.15, 0.2) is 5.78 Å². The van der Waals surface area contributed by atoms with Gasteiger partial charge in [-0.05, 0) is 100 Å². The number of carbonyl (C=O) groups excluding carboxylic acids is 5. The van der Waals surface area contributed by atoms with Gasteiger partial charge in [-0.15, -0.1) is 24.8 Å². The van der Waals surface area contributed by atoms with Gasteiger partial charge in [-0.2, -0.15) is 0 Å². The van der Waals surface area contributed by atoms with E-state index in [1.54, 1.807) is 32.8 Å². The lowest BCUT2D eigenvalue weighted by atomic mass is 9.92. The summed E-state index contributed by atoms with van der Waals surface area (Å²) in [5.74, 6) is 10.0. The number of anilines is 2. The number of para-hydroxylation sites is 2. The van der Waals surface area contributed by atoms with Crippen LogP contribution in [0, 0.1) is 23.7 Å². The van der Waals surface area contributed by atoms with E-state index in [0.717, 1.165) is 27.9 Å². The van der Waals surface area contributed by atoms with Gasteiger partial charge in [-0.3, -0.25) is 28.9 Å². The number of fused-ring (bicyclic) bond motifs is 2. The molecule has 0 aromatic heterocycles. The van der Waals surface area contributed by atoms with Crippen LogP contribution in [0.4, 0.5) is 11.4 Å². The molecule has 0 spiro atoms. The first-order valence-electron chi connectivity index (χ1n) is 22.9. The van der Waals surface area contributed by atoms with Crippen molar-refractivity contribution in [3.05, 3.63) is 131 Å². The maximum atomic E-state index is 14.8. The Labute approximate surface area is 414 Å². The topological polar surface area (TPSA) is 152 Å². The molecule has 0 fully saturated rings. The van der Waals surface area contributed by atoms with Crippen molar-refractivity contribution in [3.8, 4) is 23.7 Å². The van der Waals surface area contributed by atoms with Gasteiger partial charge in [0.05, 0.1) is 24.2 Å². The zero-order chi connectivity index (χ0) is 47.3. The predicted molar refractivity (Wildman–Crippen MR) is 275 cm³/mol. The zero-order valence-corrected chi connectivity index (χ0v) is 41.5. The van der Waals surface area contributed by atoms with Gasteiger partial charge in [-0.25, -0.2) is 0 Å². The van der Waals surface area contributed by atoms with E-state index in [1.807, 2.05) is 104 Å². The third kappa shape index (κ3) is 13.4. The number of ketones is 1. The summed E-state index contributed by atoms with van der Waals surface area (Å²) in [6, 6.07) is 30.9. The smallest absolute Gasteiger partial charge is 0.251 e. The fraction of sp³-hybridized carbons (Fsp3) is 0.389. The fourth-order valence-electron chi connectivity index (χ4n) is 8.68. The van der Waals surface area contributed by atoms with Crippen LogP contribution < -0.4 is 36.4 Å². The normalized spacial score (nSPS) is 17.5. The lowest BCUT2D eigenvalue weighted by Gasteiger charge is -2.34. The molecule has 2 aliphatic rings. The number of likely N-dealkylation sites (N-methyl/N-ethyl adjacent to an activating group) is 2. The lowest BCUT2D eigenvalue weighted by Crippen LogP contribution is -2.57. The summed E-state index contributed by atoms with van der Waals surface area (Å²) in [6.07, 6.45) is 1.12. The van der Waals surface area contributed by atoms with E-state index in [-0.39, 0.29) is 85.7 Å². The van der Waals surface area contributed by atoms with Crippen molar-refractivity contribution in [2.45, 2.75) is 121 Å². The number of Topliss-reactive ketones (excluding diaryl/α,β-unsaturated/α-hetero) is 1. The molecule has 0 bridgehead atoms. The van der Waals surface area contributed by atoms with E-state index in [0.29, 0.717) is 18.5 Å². The number of halogens is 2. The van der Waals surface area contributed by atoms with Crippen LogP contribution in [0.1, 0.15) is 88.1 Å². The zero-order valence-electron chi connectivity index (χ0n) is 39.9. The van der Waals surface area contributed by atoms with Gasteiger partial charge in [0.25, 0.3) is 11.8 Å². The summed E-state index contributed by atoms with van der Waals surface area (Å²) in [5.41, 5.74) is 5.51. The van der Waals surface area contributed by atoms with Crippen LogP contribution in [-0.4, -0.2) is 85.8 Å². The number of nitrogens with one attached hydrogen (secondary N) is 5. The van der Waals surface area contributed by atoms with Crippen LogP contribution in [-0.2, 0) is 36.8 Å². The molecule has 5 N–H and O–H groups in total. The monoisotopic (exact) mass is 961 g/mol. The van der Waals surface area contributed by atoms with Gasteiger partial charge >= 0.3 is 0 Å². The Morgan fingerprint density at radius 3 is 1.54 bits per heavy atom. The molecule has 6 rings (SSSR count). The summed E-state index contributed by atoms with van der Waals surface area (Å²) in [5, 5.41) is 15.4. The minimum atomic E-state index is -1.10. The lowest BCUT2D eigenvalue weighted by molar-refractivity contribution is -0.129. The summed E-state index contributed by atoms with van der Waals surface area (Å²) < 4.78 is 0. The number of hydrogen-bond donors (Lipinski definition) is 5. The second-order valence-electron chi connectivity index (χ2n) is 17.4. The average molecular weight is 963 g/mol. The standard InChI is InChI=1S/C54H63N7O5.2ClH/c1-35(40-22-12-10-13-23-40)32-50(62)49-34-43-27-19-21-31-47(43)61(49)54(66)45(59-52(64)39(5)56-7)29-17-9-8-16-28-44(58-51(63)38(4)55-6)53(65)60-46-30-20-18-26-42(46)33-48(60)37(3)57-36(2)41-24-14-11-15-25-41;;/h10-15,18-27,30-31,35-39,44-45,48-49,55-57H,28-29,32-34H2,1-7H3,(H,58,63)(H,59,64);2*1H/t35-,36+,37?,38-,39-,44-,45-,48-,49-;;/m0../s1. The van der Waals surface area contributed by atoms with Crippen LogP contribution in [0.3, 0.4) is 0 Å². The van der Waals surface area contributed by atoms with E-state index in [9.17, 15) is 24.0 Å². The second kappa shape index (κ2) is 26.0. The van der Waals surface area contributed by atoms with E-state index < -0.39 is 42.0 Å². The summed E-state index contributed by atoms with van der Waals surface area (Å²) in [4.78, 5) is 73.4. The van der Waals surface area contributed by atoms with Crippen molar-refractivity contribution in [1.29, 1.82) is 0 Å². The van der Waals surface area contributed by atoms with Crippen LogP contribution in [0.2, 0.25) is 0 Å². The molecule has 0 radical (unpaired) electrons. The van der Waals surface area contributed by atoms with Crippen molar-refractivity contribution >= 4 is 65.6 Å². The fourth-order valence-corrected chi connectivity index (χ4v) is 8.68. The molecule has 9 atom stereocenters. The SMILES string of the molecule is CN[C@@H](C)C(=O)N[C@@H](CC#CC#CC[C@H](NC(=O)[C@H](C)NC)C(=O)N1c2ccccc2C[C@H]1C(C)N[C@H](C)c1ccccc1)C(=O)N1c2ccccc2C[C@H]1C(=O)C[C@H](C)c1ccccc1.Cl.Cl. The van der Waals surface area contributed by atoms with Crippen LogP contribution >= 0.6 is 24.8 Å². The highest BCUT2D eigenvalue weighted by Gasteiger charge is 2.42. The van der Waals surface area contributed by atoms with Gasteiger partial charge < -0.3 is 31.5 Å². The van der Waals surface area contributed by atoms with Gasteiger partial charge in [-0.1, -0.05) is 116 Å². The number of benzene rings is 4. The Morgan fingerprint density at radius 1 is 0.588 bits per heavy atom. The maximum Gasteiger partial charge on any atom is 0.251 e. The van der Waals surface area contributed by atoms with Crippen molar-refractivity contribution in [3.63, 3.8) is 0 Å². The molecule has 2 aliphatic heterocycles. The second-order valence-corrected chi connectivity index (χ2v) is 17.4. The van der Waals surface area contributed by atoms with Crippen LogP contribution in [0.15, 0.2) is 109 Å². The molecule has 0 saturated heterocycles. The van der Waals surface area contributed by atoms with Gasteiger partial charge in [0, 0.05) is 49.1 Å². The average Bonchev–Trinajstić information content (AvgIpc) is 3.93. The molecular weight excluding hydrogens is 898 g/mol. The Bertz CT molecular complexity index is 2490. The van der Waals surface area contributed by atoms with Crippen LogP contribution in [0.25, 0.3) is 0 Å². The van der Waals surface area contributed by atoms with Crippen molar-refractivity contribution in [2.24, 2.45) is 0 Å². The third-order valence-electron chi connectivity index (χ3n) is 12.8. The minimum absolute atomic E-state index is 0. The van der Waals surface area contributed by atoms with E-state index in [1.165, 1.54) is 4.90 Å². The molecule has 4 amide bonds. The molecule has 4 aromatic carbocycles. The first-order chi connectivity index (χ1) is 31.8. The molecule has 14 heteroatoms. The highest BCUT2D eigenvalue weighted by Crippen LogP contribution is 2.36. The Morgan fingerprint density at radius 2 is 1.03 bits per heavy atom. The molecule has 4 aromatic rings. The minimum Gasteiger partial charge on any atom is -0.342 e. The Hall–Kier alpha value is -5.99. The number of hydrogen-bond acceptors (Lipinski definition) is 8. The molecule has 1 unspecified atom stereocenters. The van der Waals surface area contributed by atoms with Crippen molar-refractivity contribution < 1.29 is 24.0 Å². The Kier molecular flexibility index (Phi) is 20.8.